The fraction of sp³-hybridized carbons (Fsp3) is 0.333. The molecule has 0 radical (unpaired) electrons. The van der Waals surface area contributed by atoms with Crippen LogP contribution in [0, 0.1) is 0 Å². The van der Waals surface area contributed by atoms with Gasteiger partial charge in [-0.05, 0) is 48.6 Å². The van der Waals surface area contributed by atoms with E-state index in [9.17, 15) is 0 Å². The first-order valence-corrected chi connectivity index (χ1v) is 7.20. The highest BCUT2D eigenvalue weighted by Crippen LogP contribution is 2.32. The quantitative estimate of drug-likeness (QED) is 0.861. The van der Waals surface area contributed by atoms with Gasteiger partial charge in [0.15, 0.2) is 0 Å². The van der Waals surface area contributed by atoms with Crippen molar-refractivity contribution < 1.29 is 0 Å². The van der Waals surface area contributed by atoms with E-state index in [0.717, 1.165) is 6.54 Å². The van der Waals surface area contributed by atoms with Crippen molar-refractivity contribution in [2.45, 2.75) is 25.2 Å². The Hall–Kier alpha value is -1.60. The Morgan fingerprint density at radius 3 is 1.95 bits per heavy atom. The molecule has 3 rings (SSSR count). The third-order valence-electron chi connectivity index (χ3n) is 4.16. The summed E-state index contributed by atoms with van der Waals surface area (Å²) >= 11 is 0. The second-order valence-electron chi connectivity index (χ2n) is 5.36. The molecule has 0 atom stereocenters. The van der Waals surface area contributed by atoms with Crippen LogP contribution in [0.25, 0.3) is 0 Å². The van der Waals surface area contributed by atoms with Crippen LogP contribution in [0.1, 0.15) is 34.6 Å². The molecule has 2 aromatic carbocycles. The maximum absolute atomic E-state index is 3.37. The topological polar surface area (TPSA) is 12.0 Å². The first-order chi connectivity index (χ1) is 9.40. The van der Waals surface area contributed by atoms with Crippen LogP contribution >= 0.6 is 0 Å². The van der Waals surface area contributed by atoms with E-state index in [0.29, 0.717) is 5.92 Å². The Bertz CT molecular complexity index is 512. The predicted octanol–water partition coefficient (Wildman–Crippen LogP) is 3.53. The molecule has 0 fully saturated rings. The minimum atomic E-state index is 0.484. The second-order valence-corrected chi connectivity index (χ2v) is 5.36. The zero-order valence-corrected chi connectivity index (χ0v) is 11.5. The molecule has 0 saturated heterocycles. The monoisotopic (exact) mass is 251 g/mol. The van der Waals surface area contributed by atoms with E-state index in [1.165, 1.54) is 41.5 Å². The van der Waals surface area contributed by atoms with E-state index in [4.69, 9.17) is 0 Å². The zero-order valence-electron chi connectivity index (χ0n) is 11.5. The van der Waals surface area contributed by atoms with Crippen LogP contribution in [0.5, 0.6) is 0 Å². The van der Waals surface area contributed by atoms with Crippen LogP contribution < -0.4 is 5.32 Å². The molecule has 1 N–H and O–H groups in total. The minimum Gasteiger partial charge on any atom is -0.319 e. The van der Waals surface area contributed by atoms with Gasteiger partial charge in [-0.1, -0.05) is 48.5 Å². The molecule has 1 nitrogen and oxygen atoms in total. The second kappa shape index (κ2) is 5.58. The summed E-state index contributed by atoms with van der Waals surface area (Å²) in [6.07, 6.45) is 3.65. The number of rotatable bonds is 2. The molecule has 98 valence electrons. The molecule has 1 heteroatoms. The van der Waals surface area contributed by atoms with Crippen molar-refractivity contribution in [1.29, 1.82) is 0 Å². The lowest BCUT2D eigenvalue weighted by Crippen LogP contribution is -2.21. The van der Waals surface area contributed by atoms with Crippen molar-refractivity contribution >= 4 is 0 Å². The number of likely N-dealkylation sites (N-methyl/N-ethyl adjacent to an activating group) is 1. The molecule has 1 aliphatic carbocycles. The molecule has 1 aliphatic rings. The number of nitrogens with one attached hydrogen (secondary N) is 1. The SMILES string of the molecule is CNCC1c2ccccc2CCCc2ccccc21. The van der Waals surface area contributed by atoms with Crippen molar-refractivity contribution in [3.05, 3.63) is 70.8 Å². The molecule has 0 saturated carbocycles. The lowest BCUT2D eigenvalue weighted by molar-refractivity contribution is 0.671. The molecule has 0 spiro atoms. The standard InChI is InChI=1S/C18H21N/c1-19-13-18-16-11-4-2-7-14(16)9-6-10-15-8-3-5-12-17(15)18/h2-5,7-8,11-12,18-19H,6,9-10,13H2,1H3. The predicted molar refractivity (Wildman–Crippen MR) is 80.7 cm³/mol. The van der Waals surface area contributed by atoms with Crippen molar-refractivity contribution in [3.63, 3.8) is 0 Å². The number of hydrogen-bond acceptors (Lipinski definition) is 1. The molecule has 0 bridgehead atoms. The summed E-state index contributed by atoms with van der Waals surface area (Å²) in [6, 6.07) is 17.9. The molecule has 0 unspecified atom stereocenters. The van der Waals surface area contributed by atoms with E-state index in [1.54, 1.807) is 0 Å². The smallest absolute Gasteiger partial charge is 0.0220 e. The first-order valence-electron chi connectivity index (χ1n) is 7.20. The summed E-state index contributed by atoms with van der Waals surface area (Å²) in [5.74, 6) is 0.484. The maximum atomic E-state index is 3.37. The summed E-state index contributed by atoms with van der Waals surface area (Å²) < 4.78 is 0. The molecule has 0 aliphatic heterocycles. The Morgan fingerprint density at radius 1 is 0.895 bits per heavy atom. The van der Waals surface area contributed by atoms with Gasteiger partial charge >= 0.3 is 0 Å². The van der Waals surface area contributed by atoms with Crippen LogP contribution in [0.4, 0.5) is 0 Å². The van der Waals surface area contributed by atoms with Crippen LogP contribution in [0.2, 0.25) is 0 Å². The number of fused-ring (bicyclic) bond motifs is 2. The van der Waals surface area contributed by atoms with Crippen LogP contribution in [0.3, 0.4) is 0 Å². The average Bonchev–Trinajstić information content (AvgIpc) is 2.44. The van der Waals surface area contributed by atoms with E-state index < -0.39 is 0 Å². The molecule has 19 heavy (non-hydrogen) atoms. The van der Waals surface area contributed by atoms with Crippen molar-refractivity contribution in [2.75, 3.05) is 13.6 Å². The van der Waals surface area contributed by atoms with Gasteiger partial charge in [0.05, 0.1) is 0 Å². The van der Waals surface area contributed by atoms with Crippen molar-refractivity contribution in [1.82, 2.24) is 5.32 Å². The molecular formula is C18H21N. The van der Waals surface area contributed by atoms with Gasteiger partial charge < -0.3 is 5.32 Å². The van der Waals surface area contributed by atoms with Gasteiger partial charge in [-0.2, -0.15) is 0 Å². The van der Waals surface area contributed by atoms with E-state index >= 15 is 0 Å². The summed E-state index contributed by atoms with van der Waals surface area (Å²) in [6.45, 7) is 1.01. The van der Waals surface area contributed by atoms with Gasteiger partial charge in [0.1, 0.15) is 0 Å². The van der Waals surface area contributed by atoms with E-state index in [-0.39, 0.29) is 0 Å². The Kier molecular flexibility index (Phi) is 3.65. The fourth-order valence-electron chi connectivity index (χ4n) is 3.26. The molecule has 0 amide bonds. The van der Waals surface area contributed by atoms with Gasteiger partial charge in [0, 0.05) is 12.5 Å². The lowest BCUT2D eigenvalue weighted by Gasteiger charge is -2.26. The van der Waals surface area contributed by atoms with Crippen LogP contribution in [0.15, 0.2) is 48.5 Å². The highest BCUT2D eigenvalue weighted by Gasteiger charge is 2.21. The minimum absolute atomic E-state index is 0.484. The number of aryl methyl sites for hydroxylation is 2. The summed E-state index contributed by atoms with van der Waals surface area (Å²) in [5, 5.41) is 3.37. The molecule has 2 aromatic rings. The summed E-state index contributed by atoms with van der Waals surface area (Å²) in [4.78, 5) is 0. The van der Waals surface area contributed by atoms with Gasteiger partial charge in [0.2, 0.25) is 0 Å². The number of benzene rings is 2. The lowest BCUT2D eigenvalue weighted by atomic mass is 9.81. The van der Waals surface area contributed by atoms with Crippen LogP contribution in [-0.2, 0) is 12.8 Å². The Balaban J connectivity index is 2.13. The van der Waals surface area contributed by atoms with Crippen molar-refractivity contribution in [2.24, 2.45) is 0 Å². The van der Waals surface area contributed by atoms with Gasteiger partial charge in [0.25, 0.3) is 0 Å². The zero-order chi connectivity index (χ0) is 13.1. The average molecular weight is 251 g/mol. The van der Waals surface area contributed by atoms with Gasteiger partial charge in [-0.3, -0.25) is 0 Å². The summed E-state index contributed by atoms with van der Waals surface area (Å²) in [7, 11) is 2.05. The van der Waals surface area contributed by atoms with Gasteiger partial charge in [-0.15, -0.1) is 0 Å². The summed E-state index contributed by atoms with van der Waals surface area (Å²) in [5.41, 5.74) is 6.06. The normalized spacial score (nSPS) is 15.2. The molecule has 0 aromatic heterocycles. The highest BCUT2D eigenvalue weighted by atomic mass is 14.8. The van der Waals surface area contributed by atoms with Crippen molar-refractivity contribution in [3.8, 4) is 0 Å². The highest BCUT2D eigenvalue weighted by molar-refractivity contribution is 5.43. The Morgan fingerprint density at radius 2 is 1.42 bits per heavy atom. The largest absolute Gasteiger partial charge is 0.319 e. The number of hydrogen-bond donors (Lipinski definition) is 1. The van der Waals surface area contributed by atoms with E-state index in [2.05, 4.69) is 53.8 Å². The molecule has 0 heterocycles. The third kappa shape index (κ3) is 2.43. The van der Waals surface area contributed by atoms with E-state index in [1.807, 2.05) is 7.05 Å². The van der Waals surface area contributed by atoms with Crippen LogP contribution in [-0.4, -0.2) is 13.6 Å². The maximum Gasteiger partial charge on any atom is 0.0220 e. The third-order valence-corrected chi connectivity index (χ3v) is 4.16. The fourth-order valence-corrected chi connectivity index (χ4v) is 3.26. The Labute approximate surface area is 115 Å². The van der Waals surface area contributed by atoms with Gasteiger partial charge in [-0.25, -0.2) is 0 Å². The molecular weight excluding hydrogens is 230 g/mol. The first kappa shape index (κ1) is 12.4.